The molecular weight excluding hydrogens is 391 g/mol. The Hall–Kier alpha value is -2.36. The van der Waals surface area contributed by atoms with Crippen LogP contribution in [-0.4, -0.2) is 44.5 Å². The Bertz CT molecular complexity index is 1050. The maximum absolute atomic E-state index is 13.2. The van der Waals surface area contributed by atoms with Crippen molar-refractivity contribution in [2.75, 3.05) is 18.8 Å². The quantitative estimate of drug-likeness (QED) is 0.549. The van der Waals surface area contributed by atoms with E-state index in [0.29, 0.717) is 42.0 Å². The summed E-state index contributed by atoms with van der Waals surface area (Å²) in [5.41, 5.74) is 8.72. The first-order chi connectivity index (χ1) is 13.8. The number of carbonyl (C=O) groups is 1. The molecule has 1 saturated heterocycles. The summed E-state index contributed by atoms with van der Waals surface area (Å²) in [6, 6.07) is 9.75. The normalized spacial score (nSPS) is 16.3. The van der Waals surface area contributed by atoms with Crippen LogP contribution in [0, 0.1) is 0 Å². The molecule has 2 heterocycles. The van der Waals surface area contributed by atoms with E-state index in [1.807, 2.05) is 0 Å². The van der Waals surface area contributed by atoms with E-state index >= 15 is 0 Å². The Morgan fingerprint density at radius 1 is 1.17 bits per heavy atom. The zero-order valence-electron chi connectivity index (χ0n) is 16.0. The molecular formula is C20H23BN2O5S. The van der Waals surface area contributed by atoms with Crippen molar-refractivity contribution < 1.29 is 22.9 Å². The molecule has 0 radical (unpaired) electrons. The first kappa shape index (κ1) is 19.9. The highest BCUT2D eigenvalue weighted by molar-refractivity contribution is 7.90. The van der Waals surface area contributed by atoms with Crippen molar-refractivity contribution in [1.29, 1.82) is 0 Å². The van der Waals surface area contributed by atoms with Crippen LogP contribution in [0.15, 0.2) is 41.3 Å². The van der Waals surface area contributed by atoms with E-state index in [0.717, 1.165) is 18.4 Å². The standard InChI is InChI=1S/C20H23BN2O5S/c22-17-5-6-19(16(10-17)11-20(24)23-7-1-2-8-23)29(26,27)13-14-3-4-15-12-28-21(25)18(15)9-14/h3-6,9-10,25H,1-2,7-8,11-13,22H2. The number of anilines is 1. The summed E-state index contributed by atoms with van der Waals surface area (Å²) in [5.74, 6) is -0.315. The maximum Gasteiger partial charge on any atom is 0.491 e. The monoisotopic (exact) mass is 414 g/mol. The average Bonchev–Trinajstić information content (AvgIpc) is 3.32. The molecule has 152 valence electrons. The highest BCUT2D eigenvalue weighted by Gasteiger charge is 2.29. The van der Waals surface area contributed by atoms with Gasteiger partial charge < -0.3 is 20.3 Å². The topological polar surface area (TPSA) is 110 Å². The summed E-state index contributed by atoms with van der Waals surface area (Å²) in [6.07, 6.45) is 1.96. The minimum Gasteiger partial charge on any atom is -0.423 e. The molecule has 2 aliphatic rings. The molecule has 1 amide bonds. The number of nitrogen functional groups attached to an aromatic ring is 1. The van der Waals surface area contributed by atoms with E-state index in [-0.39, 0.29) is 23.0 Å². The van der Waals surface area contributed by atoms with Crippen LogP contribution in [0.5, 0.6) is 0 Å². The van der Waals surface area contributed by atoms with Crippen molar-refractivity contribution in [2.24, 2.45) is 0 Å². The number of hydrogen-bond donors (Lipinski definition) is 2. The first-order valence-corrected chi connectivity index (χ1v) is 11.3. The second kappa shape index (κ2) is 7.81. The molecule has 9 heteroatoms. The van der Waals surface area contributed by atoms with Crippen molar-refractivity contribution in [3.63, 3.8) is 0 Å². The van der Waals surface area contributed by atoms with Gasteiger partial charge in [-0.25, -0.2) is 8.42 Å². The van der Waals surface area contributed by atoms with Gasteiger partial charge in [0.25, 0.3) is 0 Å². The molecule has 4 rings (SSSR count). The molecule has 0 unspecified atom stereocenters. The van der Waals surface area contributed by atoms with Crippen molar-refractivity contribution in [2.45, 2.75) is 36.5 Å². The molecule has 0 saturated carbocycles. The number of rotatable bonds is 5. The summed E-state index contributed by atoms with van der Waals surface area (Å²) in [5, 5.41) is 9.87. The van der Waals surface area contributed by atoms with Crippen LogP contribution in [0.3, 0.4) is 0 Å². The zero-order valence-corrected chi connectivity index (χ0v) is 16.8. The molecule has 7 nitrogen and oxygen atoms in total. The third kappa shape index (κ3) is 4.17. The summed E-state index contributed by atoms with van der Waals surface area (Å²) in [6.45, 7) is 1.73. The summed E-state index contributed by atoms with van der Waals surface area (Å²) in [7, 11) is -4.74. The Morgan fingerprint density at radius 2 is 1.93 bits per heavy atom. The maximum atomic E-state index is 13.2. The molecule has 1 fully saturated rings. The fourth-order valence-electron chi connectivity index (χ4n) is 3.93. The highest BCUT2D eigenvalue weighted by Crippen LogP contribution is 2.25. The Labute approximate surface area is 170 Å². The lowest BCUT2D eigenvalue weighted by Gasteiger charge is -2.17. The Balaban J connectivity index is 1.61. The van der Waals surface area contributed by atoms with Crippen LogP contribution in [-0.2, 0) is 38.1 Å². The van der Waals surface area contributed by atoms with Crippen LogP contribution in [0.25, 0.3) is 0 Å². The van der Waals surface area contributed by atoms with Gasteiger partial charge in [0, 0.05) is 18.8 Å². The van der Waals surface area contributed by atoms with Crippen molar-refractivity contribution in [3.8, 4) is 0 Å². The lowest BCUT2D eigenvalue weighted by Crippen LogP contribution is -2.29. The summed E-state index contributed by atoms with van der Waals surface area (Å²) >= 11 is 0. The number of hydrogen-bond acceptors (Lipinski definition) is 6. The smallest absolute Gasteiger partial charge is 0.423 e. The predicted molar refractivity (Wildman–Crippen MR) is 110 cm³/mol. The Morgan fingerprint density at radius 3 is 2.69 bits per heavy atom. The second-order valence-corrected chi connectivity index (χ2v) is 9.55. The van der Waals surface area contributed by atoms with Crippen LogP contribution in [0.2, 0.25) is 0 Å². The van der Waals surface area contributed by atoms with Gasteiger partial charge in [-0.15, -0.1) is 0 Å². The molecule has 0 spiro atoms. The van der Waals surface area contributed by atoms with E-state index in [1.165, 1.54) is 12.1 Å². The molecule has 2 aliphatic heterocycles. The minimum absolute atomic E-state index is 0.0103. The van der Waals surface area contributed by atoms with E-state index in [2.05, 4.69) is 0 Å². The van der Waals surface area contributed by atoms with E-state index in [4.69, 9.17) is 10.4 Å². The van der Waals surface area contributed by atoms with Crippen LogP contribution >= 0.6 is 0 Å². The number of likely N-dealkylation sites (tertiary alicyclic amines) is 1. The molecule has 29 heavy (non-hydrogen) atoms. The molecule has 0 bridgehead atoms. The van der Waals surface area contributed by atoms with Gasteiger partial charge in [0.1, 0.15) is 0 Å². The molecule has 3 N–H and O–H groups in total. The minimum atomic E-state index is -3.71. The molecule has 2 aromatic rings. The molecule has 2 aromatic carbocycles. The highest BCUT2D eigenvalue weighted by atomic mass is 32.2. The fourth-order valence-corrected chi connectivity index (χ4v) is 5.51. The van der Waals surface area contributed by atoms with Gasteiger partial charge in [-0.1, -0.05) is 18.2 Å². The fraction of sp³-hybridized carbons (Fsp3) is 0.350. The number of nitrogens with zero attached hydrogens (tertiary/aromatic N) is 1. The molecule has 0 aromatic heterocycles. The van der Waals surface area contributed by atoms with Gasteiger partial charge in [-0.3, -0.25) is 4.79 Å². The third-order valence-corrected chi connectivity index (χ3v) is 7.23. The Kier molecular flexibility index (Phi) is 5.37. The zero-order chi connectivity index (χ0) is 20.6. The number of benzene rings is 2. The van der Waals surface area contributed by atoms with Crippen LogP contribution in [0.4, 0.5) is 5.69 Å². The van der Waals surface area contributed by atoms with E-state index < -0.39 is 17.0 Å². The first-order valence-electron chi connectivity index (χ1n) is 9.64. The lowest BCUT2D eigenvalue weighted by atomic mass is 9.79. The van der Waals surface area contributed by atoms with Gasteiger partial charge in [0.05, 0.1) is 23.7 Å². The third-order valence-electron chi connectivity index (χ3n) is 5.45. The number of fused-ring (bicyclic) bond motifs is 1. The van der Waals surface area contributed by atoms with Crippen LogP contribution in [0.1, 0.15) is 29.5 Å². The number of nitrogens with two attached hydrogens (primary N) is 1. The molecule has 0 atom stereocenters. The van der Waals surface area contributed by atoms with E-state index in [9.17, 15) is 18.2 Å². The van der Waals surface area contributed by atoms with Crippen molar-refractivity contribution >= 4 is 34.0 Å². The summed E-state index contributed by atoms with van der Waals surface area (Å²) in [4.78, 5) is 14.5. The predicted octanol–water partition coefficient (Wildman–Crippen LogP) is 0.625. The SMILES string of the molecule is Nc1ccc(S(=O)(=O)Cc2ccc3c(c2)B(O)OC3)c(CC(=O)N2CCCC2)c1. The second-order valence-electron chi connectivity index (χ2n) is 7.59. The van der Waals surface area contributed by atoms with Crippen molar-refractivity contribution in [3.05, 3.63) is 53.1 Å². The van der Waals surface area contributed by atoms with Gasteiger partial charge in [0.15, 0.2) is 9.84 Å². The van der Waals surface area contributed by atoms with Gasteiger partial charge in [-0.2, -0.15) is 0 Å². The number of carbonyl (C=O) groups excluding carboxylic acids is 1. The van der Waals surface area contributed by atoms with Gasteiger partial charge in [0.2, 0.25) is 5.91 Å². The number of amides is 1. The summed E-state index contributed by atoms with van der Waals surface area (Å²) < 4.78 is 31.5. The average molecular weight is 414 g/mol. The van der Waals surface area contributed by atoms with Crippen molar-refractivity contribution in [1.82, 2.24) is 4.90 Å². The molecule has 0 aliphatic carbocycles. The number of sulfone groups is 1. The van der Waals surface area contributed by atoms with Crippen LogP contribution < -0.4 is 11.2 Å². The van der Waals surface area contributed by atoms with Gasteiger partial charge >= 0.3 is 7.12 Å². The largest absolute Gasteiger partial charge is 0.491 e. The van der Waals surface area contributed by atoms with E-state index in [1.54, 1.807) is 29.2 Å². The lowest BCUT2D eigenvalue weighted by molar-refractivity contribution is -0.129. The van der Waals surface area contributed by atoms with Gasteiger partial charge in [-0.05, 0) is 53.2 Å².